The summed E-state index contributed by atoms with van der Waals surface area (Å²) in [4.78, 5) is 3.93. The van der Waals surface area contributed by atoms with E-state index >= 15 is 0 Å². The first-order chi connectivity index (χ1) is 11.0. The molecule has 0 saturated heterocycles. The number of phenols is 1. The Labute approximate surface area is 133 Å². The quantitative estimate of drug-likeness (QED) is 0.569. The van der Waals surface area contributed by atoms with Crippen LogP contribution in [-0.4, -0.2) is 24.3 Å². The van der Waals surface area contributed by atoms with Gasteiger partial charge in [-0.2, -0.15) is 8.42 Å². The summed E-state index contributed by atoms with van der Waals surface area (Å²) in [6, 6.07) is 16.9. The maximum atomic E-state index is 11.5. The van der Waals surface area contributed by atoms with Gasteiger partial charge in [0, 0.05) is 23.1 Å². The normalized spacial score (nSPS) is 12.0. The molecule has 0 aliphatic rings. The second-order valence-corrected chi connectivity index (χ2v) is 6.32. The summed E-state index contributed by atoms with van der Waals surface area (Å²) in [5.41, 5.74) is 1.09. The van der Waals surface area contributed by atoms with Gasteiger partial charge < -0.3 is 5.11 Å². The predicted molar refractivity (Wildman–Crippen MR) is 89.1 cm³/mol. The number of benzene rings is 3. The van der Waals surface area contributed by atoms with E-state index in [-0.39, 0.29) is 16.3 Å². The van der Waals surface area contributed by atoms with E-state index in [9.17, 15) is 18.1 Å². The van der Waals surface area contributed by atoms with Crippen molar-refractivity contribution in [1.82, 2.24) is 0 Å². The summed E-state index contributed by atoms with van der Waals surface area (Å²) in [6.45, 7) is 0. The van der Waals surface area contributed by atoms with Crippen molar-refractivity contribution < 1.29 is 18.1 Å². The van der Waals surface area contributed by atoms with E-state index < -0.39 is 10.1 Å². The number of nitrogens with zero attached hydrogens (tertiary/aromatic N) is 1. The van der Waals surface area contributed by atoms with Crippen molar-refractivity contribution in [3.8, 4) is 5.75 Å². The molecule has 0 aliphatic carbocycles. The highest BCUT2D eigenvalue weighted by Crippen LogP contribution is 2.38. The summed E-state index contributed by atoms with van der Waals surface area (Å²) in [7, 11) is -4.45. The van der Waals surface area contributed by atoms with Crippen LogP contribution in [0, 0.1) is 0 Å². The largest absolute Gasteiger partial charge is 0.506 e. The first-order valence-electron chi connectivity index (χ1n) is 6.78. The summed E-state index contributed by atoms with van der Waals surface area (Å²) in [5, 5.41) is 10.9. The highest BCUT2D eigenvalue weighted by Gasteiger charge is 2.18. The zero-order valence-electron chi connectivity index (χ0n) is 11.9. The number of phenolic OH excluding ortho intramolecular Hbond substituents is 1. The summed E-state index contributed by atoms with van der Waals surface area (Å²) in [5.74, 6) is -0.316. The van der Waals surface area contributed by atoms with Gasteiger partial charge >= 0.3 is 0 Å². The Morgan fingerprint density at radius 2 is 1.52 bits per heavy atom. The molecular formula is C17H13NO4S. The summed E-state index contributed by atoms with van der Waals surface area (Å²) in [6.07, 6.45) is 1.58. The molecule has 3 aromatic carbocycles. The van der Waals surface area contributed by atoms with Gasteiger partial charge in [-0.05, 0) is 5.56 Å². The van der Waals surface area contributed by atoms with Crippen LogP contribution in [0.15, 0.2) is 70.6 Å². The van der Waals surface area contributed by atoms with Crippen molar-refractivity contribution in [1.29, 1.82) is 0 Å². The maximum absolute atomic E-state index is 11.5. The SMILES string of the molecule is O=S(=O)(O)c1cc(O)c(N=Cc2ccccc2)c2ccccc12. The molecule has 23 heavy (non-hydrogen) atoms. The van der Waals surface area contributed by atoms with Gasteiger partial charge in [0.1, 0.15) is 16.3 Å². The lowest BCUT2D eigenvalue weighted by atomic mass is 10.1. The van der Waals surface area contributed by atoms with Crippen LogP contribution in [0.2, 0.25) is 0 Å². The van der Waals surface area contributed by atoms with E-state index in [1.54, 1.807) is 30.5 Å². The molecule has 0 spiro atoms. The van der Waals surface area contributed by atoms with Crippen LogP contribution in [0.4, 0.5) is 5.69 Å². The van der Waals surface area contributed by atoms with Gasteiger partial charge in [0.15, 0.2) is 0 Å². The highest BCUT2D eigenvalue weighted by molar-refractivity contribution is 7.86. The Bertz CT molecular complexity index is 996. The van der Waals surface area contributed by atoms with Crippen molar-refractivity contribution in [3.05, 3.63) is 66.2 Å². The minimum absolute atomic E-state index is 0.247. The van der Waals surface area contributed by atoms with E-state index in [1.807, 2.05) is 30.3 Å². The number of rotatable bonds is 3. The average Bonchev–Trinajstić information content (AvgIpc) is 2.53. The summed E-state index contributed by atoms with van der Waals surface area (Å²) < 4.78 is 32.3. The van der Waals surface area contributed by atoms with Gasteiger partial charge in [0.25, 0.3) is 10.1 Å². The van der Waals surface area contributed by atoms with E-state index in [1.165, 1.54) is 0 Å². The minimum atomic E-state index is -4.45. The summed E-state index contributed by atoms with van der Waals surface area (Å²) >= 11 is 0. The fourth-order valence-corrected chi connectivity index (χ4v) is 3.06. The van der Waals surface area contributed by atoms with Gasteiger partial charge in [-0.1, -0.05) is 54.6 Å². The fourth-order valence-electron chi connectivity index (χ4n) is 2.34. The molecule has 116 valence electrons. The van der Waals surface area contributed by atoms with E-state index in [4.69, 9.17) is 0 Å². The minimum Gasteiger partial charge on any atom is -0.506 e. The van der Waals surface area contributed by atoms with Gasteiger partial charge in [0.05, 0.1) is 0 Å². The van der Waals surface area contributed by atoms with Crippen LogP contribution in [0.1, 0.15) is 5.56 Å². The lowest BCUT2D eigenvalue weighted by Gasteiger charge is -2.09. The Balaban J connectivity index is 2.23. The molecule has 0 aliphatic heterocycles. The molecule has 0 atom stereocenters. The number of fused-ring (bicyclic) bond motifs is 1. The van der Waals surface area contributed by atoms with Crippen molar-refractivity contribution in [2.24, 2.45) is 4.99 Å². The molecule has 0 fully saturated rings. The molecule has 0 heterocycles. The zero-order valence-corrected chi connectivity index (χ0v) is 12.7. The highest BCUT2D eigenvalue weighted by atomic mass is 32.2. The second kappa shape index (κ2) is 5.83. The van der Waals surface area contributed by atoms with Gasteiger partial charge in [-0.25, -0.2) is 0 Å². The lowest BCUT2D eigenvalue weighted by molar-refractivity contribution is 0.469. The Morgan fingerprint density at radius 3 is 2.17 bits per heavy atom. The smallest absolute Gasteiger partial charge is 0.295 e. The zero-order chi connectivity index (χ0) is 16.4. The maximum Gasteiger partial charge on any atom is 0.295 e. The molecule has 6 heteroatoms. The van der Waals surface area contributed by atoms with Crippen molar-refractivity contribution in [2.75, 3.05) is 0 Å². The van der Waals surface area contributed by atoms with Crippen LogP contribution >= 0.6 is 0 Å². The topological polar surface area (TPSA) is 87.0 Å². The molecule has 3 rings (SSSR count). The molecule has 0 amide bonds. The van der Waals surface area contributed by atoms with Gasteiger partial charge in [-0.3, -0.25) is 9.55 Å². The first kappa shape index (κ1) is 15.2. The lowest BCUT2D eigenvalue weighted by Crippen LogP contribution is -1.99. The third-order valence-electron chi connectivity index (χ3n) is 3.38. The monoisotopic (exact) mass is 327 g/mol. The third-order valence-corrected chi connectivity index (χ3v) is 4.27. The van der Waals surface area contributed by atoms with Crippen LogP contribution in [0.3, 0.4) is 0 Å². The standard InChI is InChI=1S/C17H13NO4S/c19-15-10-16(23(20,21)22)13-8-4-5-9-14(13)17(15)18-11-12-6-2-1-3-7-12/h1-11,19H,(H,20,21,22). The molecule has 3 aromatic rings. The molecule has 0 aromatic heterocycles. The number of aliphatic imine (C=N–C) groups is 1. The van der Waals surface area contributed by atoms with Gasteiger partial charge in [0.2, 0.25) is 0 Å². The Hall–Kier alpha value is -2.70. The molecule has 0 radical (unpaired) electrons. The predicted octanol–water partition coefficient (Wildman–Crippen LogP) is 3.54. The van der Waals surface area contributed by atoms with E-state index in [0.29, 0.717) is 10.8 Å². The molecule has 5 nitrogen and oxygen atoms in total. The fraction of sp³-hybridized carbons (Fsp3) is 0. The second-order valence-electron chi connectivity index (χ2n) is 4.93. The number of hydrogen-bond donors (Lipinski definition) is 2. The van der Waals surface area contributed by atoms with Crippen LogP contribution in [0.5, 0.6) is 5.75 Å². The molecule has 0 saturated carbocycles. The average molecular weight is 327 g/mol. The molecule has 0 bridgehead atoms. The van der Waals surface area contributed by atoms with Gasteiger partial charge in [-0.15, -0.1) is 0 Å². The van der Waals surface area contributed by atoms with Crippen LogP contribution in [-0.2, 0) is 10.1 Å². The number of aromatic hydroxyl groups is 1. The molecule has 2 N–H and O–H groups in total. The van der Waals surface area contributed by atoms with Crippen molar-refractivity contribution in [2.45, 2.75) is 4.90 Å². The molecule has 0 unspecified atom stereocenters. The van der Waals surface area contributed by atoms with Crippen LogP contribution in [0.25, 0.3) is 10.8 Å². The van der Waals surface area contributed by atoms with E-state index in [0.717, 1.165) is 11.6 Å². The third kappa shape index (κ3) is 3.08. The van der Waals surface area contributed by atoms with Crippen molar-refractivity contribution in [3.63, 3.8) is 0 Å². The Kier molecular flexibility index (Phi) is 3.85. The molecular weight excluding hydrogens is 314 g/mol. The van der Waals surface area contributed by atoms with Crippen molar-refractivity contribution >= 4 is 32.8 Å². The van der Waals surface area contributed by atoms with Crippen LogP contribution < -0.4 is 0 Å². The first-order valence-corrected chi connectivity index (χ1v) is 8.22. The number of hydrogen-bond acceptors (Lipinski definition) is 4. The van der Waals surface area contributed by atoms with E-state index in [2.05, 4.69) is 4.99 Å². The Morgan fingerprint density at radius 1 is 0.913 bits per heavy atom.